The number of aliphatic carboxylic acids is 1. The fourth-order valence-electron chi connectivity index (χ4n) is 8.36. The molecule has 0 aromatic heterocycles. The Kier molecular flexibility index (Phi) is 8.62. The smallest absolute Gasteiger partial charge is 0.326 e. The molecule has 4 aromatic rings. The molecule has 240 valence electrons. The number of carboxylic acid groups (broad SMARTS) is 1. The second-order valence-corrected chi connectivity index (χ2v) is 14.4. The minimum atomic E-state index is -1.17. The minimum Gasteiger partial charge on any atom is -0.480 e. The molecule has 4 aromatic carbocycles. The Labute approximate surface area is 282 Å². The molecule has 0 heterocycles. The van der Waals surface area contributed by atoms with E-state index in [2.05, 4.69) is 26.6 Å². The second-order valence-electron chi connectivity index (χ2n) is 13.5. The number of carbonyl (C=O) groups is 3. The third-order valence-electron chi connectivity index (χ3n) is 10.2. The van der Waals surface area contributed by atoms with Gasteiger partial charge in [0.25, 0.3) is 5.91 Å². The molecular formula is C39H37BrN2O5. The number of amides is 2. The third-order valence-corrected chi connectivity index (χ3v) is 10.7. The van der Waals surface area contributed by atoms with Gasteiger partial charge in [0.1, 0.15) is 17.5 Å². The Morgan fingerprint density at radius 1 is 0.830 bits per heavy atom. The van der Waals surface area contributed by atoms with Crippen molar-refractivity contribution in [3.63, 3.8) is 0 Å². The molecule has 0 spiro atoms. The van der Waals surface area contributed by atoms with E-state index in [0.29, 0.717) is 33.7 Å². The minimum absolute atomic E-state index is 0.0152. The van der Waals surface area contributed by atoms with Crippen LogP contribution >= 0.6 is 15.9 Å². The zero-order chi connectivity index (χ0) is 32.5. The number of hydrogen-bond acceptors (Lipinski definition) is 4. The molecule has 4 aliphatic rings. The van der Waals surface area contributed by atoms with E-state index in [1.807, 2.05) is 78.9 Å². The van der Waals surface area contributed by atoms with Gasteiger partial charge in [0, 0.05) is 16.5 Å². The number of para-hydroxylation sites is 2. The van der Waals surface area contributed by atoms with Crippen LogP contribution in [0, 0.1) is 23.2 Å². The van der Waals surface area contributed by atoms with Crippen LogP contribution in [0.5, 0.6) is 11.5 Å². The summed E-state index contributed by atoms with van der Waals surface area (Å²) >= 11 is 3.44. The van der Waals surface area contributed by atoms with Crippen LogP contribution < -0.4 is 15.4 Å². The first-order valence-corrected chi connectivity index (χ1v) is 17.1. The van der Waals surface area contributed by atoms with E-state index in [-0.39, 0.29) is 23.3 Å². The van der Waals surface area contributed by atoms with Crippen molar-refractivity contribution in [2.24, 2.45) is 23.2 Å². The van der Waals surface area contributed by atoms with E-state index in [0.717, 1.165) is 41.7 Å². The number of carbonyl (C=O) groups excluding carboxylic acids is 2. The predicted molar refractivity (Wildman–Crippen MR) is 184 cm³/mol. The summed E-state index contributed by atoms with van der Waals surface area (Å²) in [5.41, 5.74) is 2.84. The Morgan fingerprint density at radius 2 is 1.47 bits per heavy atom. The summed E-state index contributed by atoms with van der Waals surface area (Å²) in [5.74, 6) is 1.58. The molecule has 3 N–H and O–H groups in total. The zero-order valence-corrected chi connectivity index (χ0v) is 27.5. The Hall–Kier alpha value is -4.43. The van der Waals surface area contributed by atoms with Gasteiger partial charge in [-0.3, -0.25) is 9.59 Å². The van der Waals surface area contributed by atoms with Gasteiger partial charge in [-0.05, 0) is 104 Å². The predicted octanol–water partition coefficient (Wildman–Crippen LogP) is 8.49. The molecule has 2 amide bonds. The molecular weight excluding hydrogens is 656 g/mol. The third kappa shape index (κ3) is 6.70. The number of hydrogen-bond donors (Lipinski definition) is 3. The van der Waals surface area contributed by atoms with E-state index in [9.17, 15) is 19.5 Å². The number of anilines is 1. The lowest BCUT2D eigenvalue weighted by Crippen LogP contribution is -2.52. The van der Waals surface area contributed by atoms with Crippen molar-refractivity contribution in [3.8, 4) is 22.6 Å². The lowest BCUT2D eigenvalue weighted by molar-refractivity contribution is -0.140. The summed E-state index contributed by atoms with van der Waals surface area (Å²) < 4.78 is 6.79. The first kappa shape index (κ1) is 31.2. The monoisotopic (exact) mass is 692 g/mol. The van der Waals surface area contributed by atoms with Gasteiger partial charge >= 0.3 is 5.97 Å². The van der Waals surface area contributed by atoms with Gasteiger partial charge in [-0.15, -0.1) is 0 Å². The second kappa shape index (κ2) is 13.0. The average molecular weight is 694 g/mol. The molecule has 0 unspecified atom stereocenters. The van der Waals surface area contributed by atoms with Crippen molar-refractivity contribution in [1.29, 1.82) is 0 Å². The van der Waals surface area contributed by atoms with Crippen LogP contribution in [0.4, 0.5) is 5.69 Å². The van der Waals surface area contributed by atoms with Gasteiger partial charge < -0.3 is 20.5 Å². The first-order chi connectivity index (χ1) is 22.7. The van der Waals surface area contributed by atoms with Crippen LogP contribution in [0.25, 0.3) is 11.1 Å². The van der Waals surface area contributed by atoms with Gasteiger partial charge in [-0.1, -0.05) is 76.6 Å². The van der Waals surface area contributed by atoms with Crippen molar-refractivity contribution in [2.75, 3.05) is 5.32 Å². The van der Waals surface area contributed by atoms with E-state index in [1.165, 1.54) is 19.3 Å². The van der Waals surface area contributed by atoms with Crippen LogP contribution in [0.3, 0.4) is 0 Å². The molecule has 0 aliphatic heterocycles. The lowest BCUT2D eigenvalue weighted by Gasteiger charge is -2.55. The van der Waals surface area contributed by atoms with Gasteiger partial charge in [0.05, 0.1) is 16.7 Å². The highest BCUT2D eigenvalue weighted by Crippen LogP contribution is 2.60. The van der Waals surface area contributed by atoms with Crippen LogP contribution in [-0.4, -0.2) is 28.9 Å². The SMILES string of the molecule is O=C(N[C@@H](Cc1ccc(-c2ccccc2Oc2ccccc2)cc1)C(=O)O)c1cc(Br)ccc1NC(=O)C12CC3CC(CC(C3)C1)C2. The Morgan fingerprint density at radius 3 is 2.13 bits per heavy atom. The lowest BCUT2D eigenvalue weighted by atomic mass is 9.49. The number of nitrogens with one attached hydrogen (secondary N) is 2. The maximum absolute atomic E-state index is 13.8. The Balaban J connectivity index is 1.05. The molecule has 4 aliphatic carbocycles. The molecule has 4 fully saturated rings. The van der Waals surface area contributed by atoms with Crippen LogP contribution in [-0.2, 0) is 16.0 Å². The summed E-state index contributed by atoms with van der Waals surface area (Å²) in [7, 11) is 0. The maximum Gasteiger partial charge on any atom is 0.326 e. The Bertz CT molecular complexity index is 1770. The van der Waals surface area contributed by atoms with Gasteiger partial charge in [0.15, 0.2) is 0 Å². The van der Waals surface area contributed by atoms with Crippen LogP contribution in [0.15, 0.2) is 102 Å². The molecule has 1 atom stereocenters. The van der Waals surface area contributed by atoms with Crippen molar-refractivity contribution in [1.82, 2.24) is 5.32 Å². The molecule has 0 radical (unpaired) electrons. The molecule has 8 rings (SSSR count). The molecule has 47 heavy (non-hydrogen) atoms. The number of benzene rings is 4. The molecule has 7 nitrogen and oxygen atoms in total. The van der Waals surface area contributed by atoms with Crippen LogP contribution in [0.2, 0.25) is 0 Å². The highest BCUT2D eigenvalue weighted by molar-refractivity contribution is 9.10. The fourth-order valence-corrected chi connectivity index (χ4v) is 8.72. The van der Waals surface area contributed by atoms with Crippen LogP contribution in [0.1, 0.15) is 54.4 Å². The highest BCUT2D eigenvalue weighted by Gasteiger charge is 2.54. The molecule has 4 saturated carbocycles. The standard InChI is InChI=1S/C39H37BrN2O5/c40-29-14-15-33(42-38(46)39-21-25-16-26(22-39)18-27(17-25)23-39)32(20-29)36(43)41-34(37(44)45)19-24-10-12-28(13-11-24)31-8-4-5-9-35(31)47-30-6-2-1-3-7-30/h1-15,20,25-27,34H,16-19,21-23H2,(H,41,43)(H,42,46)(H,44,45)/t25?,26?,27?,34-,39?/m0/s1. The average Bonchev–Trinajstić information content (AvgIpc) is 3.05. The summed E-state index contributed by atoms with van der Waals surface area (Å²) in [5, 5.41) is 15.9. The highest BCUT2D eigenvalue weighted by atomic mass is 79.9. The zero-order valence-electron chi connectivity index (χ0n) is 26.0. The van der Waals surface area contributed by atoms with E-state index in [1.54, 1.807) is 18.2 Å². The van der Waals surface area contributed by atoms with E-state index >= 15 is 0 Å². The first-order valence-electron chi connectivity index (χ1n) is 16.3. The van der Waals surface area contributed by atoms with E-state index < -0.39 is 17.9 Å². The maximum atomic E-state index is 13.8. The summed E-state index contributed by atoms with van der Waals surface area (Å²) in [6.45, 7) is 0. The van der Waals surface area contributed by atoms with Gasteiger partial charge in [0.2, 0.25) is 5.91 Å². The largest absolute Gasteiger partial charge is 0.480 e. The number of rotatable bonds is 10. The topological polar surface area (TPSA) is 105 Å². The van der Waals surface area contributed by atoms with Crippen molar-refractivity contribution in [2.45, 2.75) is 51.0 Å². The van der Waals surface area contributed by atoms with Crippen molar-refractivity contribution >= 4 is 39.4 Å². The molecule has 4 bridgehead atoms. The van der Waals surface area contributed by atoms with Crippen molar-refractivity contribution < 1.29 is 24.2 Å². The molecule has 0 saturated heterocycles. The fraction of sp³-hybridized carbons (Fsp3) is 0.308. The summed E-state index contributed by atoms with van der Waals surface area (Å²) in [6, 6.07) is 28.9. The number of carboxylic acids is 1. The summed E-state index contributed by atoms with van der Waals surface area (Å²) in [4.78, 5) is 39.8. The van der Waals surface area contributed by atoms with E-state index in [4.69, 9.17) is 4.74 Å². The number of ether oxygens (including phenoxy) is 1. The van der Waals surface area contributed by atoms with Gasteiger partial charge in [-0.25, -0.2) is 4.79 Å². The number of halogens is 1. The van der Waals surface area contributed by atoms with Gasteiger partial charge in [-0.2, -0.15) is 0 Å². The van der Waals surface area contributed by atoms with Crippen molar-refractivity contribution in [3.05, 3.63) is 113 Å². The normalized spacial score (nSPS) is 23.1. The quantitative estimate of drug-likeness (QED) is 0.155. The molecule has 8 heteroatoms. The summed E-state index contributed by atoms with van der Waals surface area (Å²) in [6.07, 6.45) is 6.51.